The molecule has 0 saturated heterocycles. The molecule has 1 aliphatic rings. The minimum absolute atomic E-state index is 0.120. The second kappa shape index (κ2) is 5.78. The maximum atomic E-state index is 13.1. The zero-order chi connectivity index (χ0) is 16.8. The summed E-state index contributed by atoms with van der Waals surface area (Å²) in [6.07, 6.45) is 0. The Balaban J connectivity index is 2.21. The third kappa shape index (κ3) is 2.71. The van der Waals surface area contributed by atoms with Gasteiger partial charge < -0.3 is 9.84 Å². The standard InChI is InChI=1S/C15H13Cl2NO4S/c1-9-8-22-13-5-3-2-4-12(13)18(9)23(20,21)14-7-10(16)6-11(17)15(14)19/h2-7,9,19H,8H2,1H3. The van der Waals surface area contributed by atoms with Crippen LogP contribution in [0.3, 0.4) is 0 Å². The first-order chi connectivity index (χ1) is 10.8. The number of benzene rings is 2. The van der Waals surface area contributed by atoms with Crippen molar-refractivity contribution in [1.29, 1.82) is 0 Å². The van der Waals surface area contributed by atoms with Crippen LogP contribution in [-0.2, 0) is 10.0 Å². The van der Waals surface area contributed by atoms with Gasteiger partial charge >= 0.3 is 0 Å². The number of rotatable bonds is 2. The Labute approximate surface area is 144 Å². The second-order valence-electron chi connectivity index (χ2n) is 5.16. The Kier molecular flexibility index (Phi) is 4.08. The maximum absolute atomic E-state index is 13.1. The first-order valence-electron chi connectivity index (χ1n) is 6.76. The molecule has 3 rings (SSSR count). The lowest BCUT2D eigenvalue weighted by Gasteiger charge is -2.35. The van der Waals surface area contributed by atoms with E-state index >= 15 is 0 Å². The molecule has 1 atom stereocenters. The highest BCUT2D eigenvalue weighted by Crippen LogP contribution is 2.41. The zero-order valence-electron chi connectivity index (χ0n) is 12.0. The fraction of sp³-hybridized carbons (Fsp3) is 0.200. The quantitative estimate of drug-likeness (QED) is 0.871. The molecule has 2 aromatic carbocycles. The Hall–Kier alpha value is -1.63. The second-order valence-corrected chi connectivity index (χ2v) is 7.79. The number of ether oxygens (including phenoxy) is 1. The van der Waals surface area contributed by atoms with Crippen molar-refractivity contribution in [2.45, 2.75) is 17.9 Å². The molecule has 1 aliphatic heterocycles. The van der Waals surface area contributed by atoms with Gasteiger partial charge in [-0.1, -0.05) is 35.3 Å². The van der Waals surface area contributed by atoms with Gasteiger partial charge in [0.05, 0.1) is 16.8 Å². The summed E-state index contributed by atoms with van der Waals surface area (Å²) in [4.78, 5) is -0.335. The number of anilines is 1. The van der Waals surface area contributed by atoms with E-state index in [0.29, 0.717) is 11.4 Å². The lowest BCUT2D eigenvalue weighted by Crippen LogP contribution is -2.45. The van der Waals surface area contributed by atoms with Gasteiger partial charge in [-0.15, -0.1) is 0 Å². The molecule has 1 N–H and O–H groups in total. The number of halogens is 2. The number of nitrogens with zero attached hydrogens (tertiary/aromatic N) is 1. The van der Waals surface area contributed by atoms with E-state index in [4.69, 9.17) is 27.9 Å². The summed E-state index contributed by atoms with van der Waals surface area (Å²) in [5.41, 5.74) is 0.404. The highest BCUT2D eigenvalue weighted by molar-refractivity contribution is 7.93. The Bertz CT molecular complexity index is 870. The zero-order valence-corrected chi connectivity index (χ0v) is 14.4. The molecule has 1 unspecified atom stereocenters. The molecule has 0 aliphatic carbocycles. The van der Waals surface area contributed by atoms with Gasteiger partial charge in [-0.3, -0.25) is 4.31 Å². The molecule has 23 heavy (non-hydrogen) atoms. The molecule has 0 radical (unpaired) electrons. The van der Waals surface area contributed by atoms with E-state index in [0.717, 1.165) is 0 Å². The summed E-state index contributed by atoms with van der Waals surface area (Å²) in [5, 5.41) is 10.1. The average molecular weight is 374 g/mol. The molecule has 0 bridgehead atoms. The van der Waals surface area contributed by atoms with Gasteiger partial charge in [-0.05, 0) is 31.2 Å². The Morgan fingerprint density at radius 3 is 2.70 bits per heavy atom. The van der Waals surface area contributed by atoms with Crippen LogP contribution in [0.2, 0.25) is 10.0 Å². The molecule has 122 valence electrons. The molecule has 0 saturated carbocycles. The number of para-hydroxylation sites is 2. The van der Waals surface area contributed by atoms with E-state index in [1.807, 2.05) is 0 Å². The monoisotopic (exact) mass is 373 g/mol. The molecule has 0 amide bonds. The van der Waals surface area contributed by atoms with E-state index < -0.39 is 21.8 Å². The topological polar surface area (TPSA) is 66.8 Å². The summed E-state index contributed by atoms with van der Waals surface area (Å²) in [6.45, 7) is 1.92. The van der Waals surface area contributed by atoms with Crippen molar-refractivity contribution in [3.05, 3.63) is 46.4 Å². The van der Waals surface area contributed by atoms with Crippen molar-refractivity contribution >= 4 is 38.9 Å². The lowest BCUT2D eigenvalue weighted by molar-refractivity contribution is 0.281. The van der Waals surface area contributed by atoms with Crippen molar-refractivity contribution < 1.29 is 18.3 Å². The van der Waals surface area contributed by atoms with Gasteiger partial charge in [-0.2, -0.15) is 0 Å². The fourth-order valence-electron chi connectivity index (χ4n) is 2.49. The molecular weight excluding hydrogens is 361 g/mol. The highest BCUT2D eigenvalue weighted by Gasteiger charge is 2.36. The van der Waals surface area contributed by atoms with Gasteiger partial charge in [0, 0.05) is 5.02 Å². The Morgan fingerprint density at radius 1 is 1.26 bits per heavy atom. The third-order valence-electron chi connectivity index (χ3n) is 3.51. The van der Waals surface area contributed by atoms with Gasteiger partial charge in [0.25, 0.3) is 10.0 Å². The minimum Gasteiger partial charge on any atom is -0.505 e. The van der Waals surface area contributed by atoms with Crippen LogP contribution in [0.25, 0.3) is 0 Å². The maximum Gasteiger partial charge on any atom is 0.268 e. The summed E-state index contributed by atoms with van der Waals surface area (Å²) in [5.74, 6) is -0.0611. The van der Waals surface area contributed by atoms with Crippen LogP contribution in [0, 0.1) is 0 Å². The predicted octanol–water partition coefficient (Wildman–Crippen LogP) is 3.68. The number of hydrogen-bond donors (Lipinski definition) is 1. The summed E-state index contributed by atoms with van der Waals surface area (Å²) in [7, 11) is -4.07. The molecule has 0 fully saturated rings. The molecular formula is C15H13Cl2NO4S. The average Bonchev–Trinajstić information content (AvgIpc) is 2.50. The molecule has 2 aromatic rings. The number of phenols is 1. The molecule has 8 heteroatoms. The molecule has 5 nitrogen and oxygen atoms in total. The number of phenolic OH excluding ortho intramolecular Hbond substituents is 1. The normalized spacial score (nSPS) is 17.5. The van der Waals surface area contributed by atoms with E-state index in [1.54, 1.807) is 31.2 Å². The van der Waals surface area contributed by atoms with Crippen LogP contribution in [0.1, 0.15) is 6.92 Å². The van der Waals surface area contributed by atoms with E-state index in [-0.39, 0.29) is 21.5 Å². The minimum atomic E-state index is -4.07. The first kappa shape index (κ1) is 16.2. The number of hydrogen-bond acceptors (Lipinski definition) is 4. The van der Waals surface area contributed by atoms with Crippen LogP contribution in [0.5, 0.6) is 11.5 Å². The smallest absolute Gasteiger partial charge is 0.268 e. The van der Waals surface area contributed by atoms with Crippen molar-refractivity contribution in [3.63, 3.8) is 0 Å². The Morgan fingerprint density at radius 2 is 1.96 bits per heavy atom. The molecule has 1 heterocycles. The van der Waals surface area contributed by atoms with E-state index in [2.05, 4.69) is 0 Å². The van der Waals surface area contributed by atoms with Crippen molar-refractivity contribution in [3.8, 4) is 11.5 Å². The highest BCUT2D eigenvalue weighted by atomic mass is 35.5. The molecule has 0 spiro atoms. The van der Waals surface area contributed by atoms with Crippen LogP contribution in [0.4, 0.5) is 5.69 Å². The van der Waals surface area contributed by atoms with Gasteiger partial charge in [-0.25, -0.2) is 8.42 Å². The van der Waals surface area contributed by atoms with Gasteiger partial charge in [0.15, 0.2) is 5.75 Å². The van der Waals surface area contributed by atoms with Crippen LogP contribution < -0.4 is 9.04 Å². The SMILES string of the molecule is CC1COc2ccccc2N1S(=O)(=O)c1cc(Cl)cc(Cl)c1O. The summed E-state index contributed by atoms with van der Waals surface area (Å²) >= 11 is 11.8. The fourth-order valence-corrected chi connectivity index (χ4v) is 4.89. The number of sulfonamides is 1. The third-order valence-corrected chi connectivity index (χ3v) is 5.96. The number of fused-ring (bicyclic) bond motifs is 1. The van der Waals surface area contributed by atoms with Gasteiger partial charge in [0.2, 0.25) is 0 Å². The van der Waals surface area contributed by atoms with Crippen molar-refractivity contribution in [1.82, 2.24) is 0 Å². The molecule has 0 aromatic heterocycles. The largest absolute Gasteiger partial charge is 0.505 e. The number of aromatic hydroxyl groups is 1. The predicted molar refractivity (Wildman–Crippen MR) is 89.2 cm³/mol. The van der Waals surface area contributed by atoms with Crippen molar-refractivity contribution in [2.24, 2.45) is 0 Å². The van der Waals surface area contributed by atoms with Crippen LogP contribution >= 0.6 is 23.2 Å². The van der Waals surface area contributed by atoms with Gasteiger partial charge in [0.1, 0.15) is 17.3 Å². The summed E-state index contributed by atoms with van der Waals surface area (Å²) in [6, 6.07) is 8.82. The lowest BCUT2D eigenvalue weighted by atomic mass is 10.2. The summed E-state index contributed by atoms with van der Waals surface area (Å²) < 4.78 is 32.9. The van der Waals surface area contributed by atoms with E-state index in [9.17, 15) is 13.5 Å². The van der Waals surface area contributed by atoms with Crippen LogP contribution in [0.15, 0.2) is 41.3 Å². The first-order valence-corrected chi connectivity index (χ1v) is 8.96. The van der Waals surface area contributed by atoms with Crippen LogP contribution in [-0.4, -0.2) is 26.2 Å². The van der Waals surface area contributed by atoms with E-state index in [1.165, 1.54) is 16.4 Å². The van der Waals surface area contributed by atoms with Crippen molar-refractivity contribution in [2.75, 3.05) is 10.9 Å².